The molecule has 0 aromatic heterocycles. The van der Waals surface area contributed by atoms with Gasteiger partial charge in [-0.2, -0.15) is 0 Å². The molecular formula is C18H30N2. The average molecular weight is 274 g/mol. The third-order valence-corrected chi connectivity index (χ3v) is 4.88. The Morgan fingerprint density at radius 1 is 1.25 bits per heavy atom. The number of nitrogens with zero attached hydrogens (tertiary/aromatic N) is 1. The summed E-state index contributed by atoms with van der Waals surface area (Å²) in [4.78, 5) is 2.60. The number of likely N-dealkylation sites (tertiary alicyclic amines) is 1. The van der Waals surface area contributed by atoms with E-state index in [1.807, 2.05) is 0 Å². The molecule has 0 radical (unpaired) electrons. The van der Waals surface area contributed by atoms with E-state index in [-0.39, 0.29) is 11.5 Å². The van der Waals surface area contributed by atoms with E-state index in [0.29, 0.717) is 0 Å². The minimum Gasteiger partial charge on any atom is -0.323 e. The quantitative estimate of drug-likeness (QED) is 0.887. The second-order valence-corrected chi connectivity index (χ2v) is 7.40. The smallest absolute Gasteiger partial charge is 0.0359 e. The predicted octanol–water partition coefficient (Wildman–Crippen LogP) is 3.69. The maximum Gasteiger partial charge on any atom is 0.0359 e. The van der Waals surface area contributed by atoms with Gasteiger partial charge in [-0.15, -0.1) is 0 Å². The molecule has 2 N–H and O–H groups in total. The van der Waals surface area contributed by atoms with Gasteiger partial charge in [-0.1, -0.05) is 58.0 Å². The van der Waals surface area contributed by atoms with Gasteiger partial charge in [0, 0.05) is 19.1 Å². The molecule has 2 rings (SSSR count). The van der Waals surface area contributed by atoms with Crippen LogP contribution < -0.4 is 5.73 Å². The molecule has 0 bridgehead atoms. The lowest BCUT2D eigenvalue weighted by atomic mass is 9.80. The molecule has 0 amide bonds. The van der Waals surface area contributed by atoms with Gasteiger partial charge in [-0.05, 0) is 35.8 Å². The van der Waals surface area contributed by atoms with Gasteiger partial charge in [0.25, 0.3) is 0 Å². The molecule has 1 heterocycles. The van der Waals surface area contributed by atoms with E-state index < -0.39 is 0 Å². The normalized spacial score (nSPS) is 22.4. The molecule has 0 saturated carbocycles. The molecule has 1 aromatic carbocycles. The van der Waals surface area contributed by atoms with E-state index in [4.69, 9.17) is 5.73 Å². The Kier molecular flexibility index (Phi) is 4.87. The highest BCUT2D eigenvalue weighted by Crippen LogP contribution is 2.34. The highest BCUT2D eigenvalue weighted by atomic mass is 15.2. The van der Waals surface area contributed by atoms with Crippen LogP contribution in [0.15, 0.2) is 30.3 Å². The van der Waals surface area contributed by atoms with Crippen molar-refractivity contribution in [3.63, 3.8) is 0 Å². The summed E-state index contributed by atoms with van der Waals surface area (Å²) in [5.41, 5.74) is 7.87. The summed E-state index contributed by atoms with van der Waals surface area (Å²) in [6.07, 6.45) is 1.34. The van der Waals surface area contributed by atoms with E-state index in [9.17, 15) is 0 Å². The van der Waals surface area contributed by atoms with Gasteiger partial charge < -0.3 is 10.6 Å². The molecule has 20 heavy (non-hydrogen) atoms. The van der Waals surface area contributed by atoms with Crippen molar-refractivity contribution >= 4 is 0 Å². The first-order valence-electron chi connectivity index (χ1n) is 7.93. The van der Waals surface area contributed by atoms with Crippen molar-refractivity contribution in [2.75, 3.05) is 19.6 Å². The minimum atomic E-state index is 0.0989. The zero-order valence-electron chi connectivity index (χ0n) is 13.5. The first-order valence-corrected chi connectivity index (χ1v) is 7.93. The Morgan fingerprint density at radius 3 is 2.45 bits per heavy atom. The summed E-state index contributed by atoms with van der Waals surface area (Å²) < 4.78 is 0. The molecular weight excluding hydrogens is 244 g/mol. The maximum atomic E-state index is 6.52. The maximum absolute atomic E-state index is 6.52. The molecule has 2 heteroatoms. The summed E-state index contributed by atoms with van der Waals surface area (Å²) in [7, 11) is 0. The summed E-state index contributed by atoms with van der Waals surface area (Å²) >= 11 is 0. The number of benzene rings is 1. The molecule has 0 spiro atoms. The zero-order chi connectivity index (χ0) is 14.8. The fraction of sp³-hybridized carbons (Fsp3) is 0.667. The van der Waals surface area contributed by atoms with Gasteiger partial charge in [-0.3, -0.25) is 0 Å². The van der Waals surface area contributed by atoms with Crippen molar-refractivity contribution < 1.29 is 0 Å². The third-order valence-electron chi connectivity index (χ3n) is 4.88. The minimum absolute atomic E-state index is 0.0989. The van der Waals surface area contributed by atoms with Gasteiger partial charge in [-0.25, -0.2) is 0 Å². The average Bonchev–Trinajstić information content (AvgIpc) is 2.87. The molecule has 0 aliphatic carbocycles. The molecule has 2 atom stereocenters. The summed E-state index contributed by atoms with van der Waals surface area (Å²) in [6.45, 7) is 12.8. The Bertz CT molecular complexity index is 411. The Balaban J connectivity index is 1.97. The number of hydrogen-bond acceptors (Lipinski definition) is 2. The van der Waals surface area contributed by atoms with Crippen LogP contribution >= 0.6 is 0 Å². The lowest BCUT2D eigenvalue weighted by Gasteiger charge is -2.36. The Labute approximate surface area is 124 Å². The first-order chi connectivity index (χ1) is 9.40. The Hall–Kier alpha value is -0.860. The van der Waals surface area contributed by atoms with Gasteiger partial charge >= 0.3 is 0 Å². The molecule has 1 fully saturated rings. The number of rotatable bonds is 5. The fourth-order valence-corrected chi connectivity index (χ4v) is 3.34. The molecule has 1 aliphatic rings. The van der Waals surface area contributed by atoms with Crippen molar-refractivity contribution in [2.24, 2.45) is 23.0 Å². The van der Waals surface area contributed by atoms with Crippen LogP contribution in [0.25, 0.3) is 0 Å². The topological polar surface area (TPSA) is 29.3 Å². The second kappa shape index (κ2) is 6.28. The highest BCUT2D eigenvalue weighted by Gasteiger charge is 2.33. The van der Waals surface area contributed by atoms with Crippen molar-refractivity contribution in [2.45, 2.75) is 40.2 Å². The largest absolute Gasteiger partial charge is 0.323 e. The molecule has 1 aromatic rings. The van der Waals surface area contributed by atoms with Crippen LogP contribution in [-0.4, -0.2) is 24.5 Å². The third kappa shape index (κ3) is 3.62. The highest BCUT2D eigenvalue weighted by molar-refractivity contribution is 5.20. The first kappa shape index (κ1) is 15.5. The lowest BCUT2D eigenvalue weighted by molar-refractivity contribution is 0.169. The zero-order valence-corrected chi connectivity index (χ0v) is 13.5. The van der Waals surface area contributed by atoms with Gasteiger partial charge in [0.15, 0.2) is 0 Å². The lowest BCUT2D eigenvalue weighted by Crippen LogP contribution is -2.40. The van der Waals surface area contributed by atoms with Crippen LogP contribution in [0.1, 0.15) is 45.7 Å². The molecule has 112 valence electrons. The van der Waals surface area contributed by atoms with Crippen molar-refractivity contribution in [3.05, 3.63) is 35.9 Å². The van der Waals surface area contributed by atoms with Gasteiger partial charge in [0.1, 0.15) is 0 Å². The van der Waals surface area contributed by atoms with Crippen LogP contribution in [0, 0.1) is 17.3 Å². The van der Waals surface area contributed by atoms with Crippen LogP contribution in [0.4, 0.5) is 0 Å². The fourth-order valence-electron chi connectivity index (χ4n) is 3.34. The monoisotopic (exact) mass is 274 g/mol. The van der Waals surface area contributed by atoms with Crippen molar-refractivity contribution in [3.8, 4) is 0 Å². The van der Waals surface area contributed by atoms with Gasteiger partial charge in [0.05, 0.1) is 0 Å². The summed E-state index contributed by atoms with van der Waals surface area (Å²) in [5.74, 6) is 1.66. The Morgan fingerprint density at radius 2 is 1.90 bits per heavy atom. The van der Waals surface area contributed by atoms with Crippen molar-refractivity contribution in [1.29, 1.82) is 0 Å². The number of hydrogen-bond donors (Lipinski definition) is 1. The van der Waals surface area contributed by atoms with E-state index in [2.05, 4.69) is 62.9 Å². The van der Waals surface area contributed by atoms with Crippen LogP contribution in [-0.2, 0) is 0 Å². The predicted molar refractivity (Wildman–Crippen MR) is 86.5 cm³/mol. The second-order valence-electron chi connectivity index (χ2n) is 7.40. The van der Waals surface area contributed by atoms with E-state index in [1.165, 1.54) is 25.1 Å². The van der Waals surface area contributed by atoms with Crippen LogP contribution in [0.2, 0.25) is 0 Å². The van der Waals surface area contributed by atoms with E-state index in [1.54, 1.807) is 0 Å². The standard InChI is InChI=1S/C18H30N2/c1-14(2)16-10-11-20(12-16)13-18(3,4)17(19)15-8-6-5-7-9-15/h5-9,14,16-17H,10-13,19H2,1-4H3. The molecule has 1 saturated heterocycles. The molecule has 1 aliphatic heterocycles. The summed E-state index contributed by atoms with van der Waals surface area (Å²) in [5, 5.41) is 0. The number of nitrogens with two attached hydrogens (primary N) is 1. The van der Waals surface area contributed by atoms with E-state index in [0.717, 1.165) is 18.4 Å². The SMILES string of the molecule is CC(C)C1CCN(CC(C)(C)C(N)c2ccccc2)C1. The van der Waals surface area contributed by atoms with Crippen LogP contribution in [0.5, 0.6) is 0 Å². The molecule has 2 nitrogen and oxygen atoms in total. The molecule has 2 unspecified atom stereocenters. The van der Waals surface area contributed by atoms with E-state index >= 15 is 0 Å². The van der Waals surface area contributed by atoms with Crippen molar-refractivity contribution in [1.82, 2.24) is 4.90 Å². The van der Waals surface area contributed by atoms with Crippen LogP contribution in [0.3, 0.4) is 0 Å². The summed E-state index contributed by atoms with van der Waals surface area (Å²) in [6, 6.07) is 10.6. The van der Waals surface area contributed by atoms with Gasteiger partial charge in [0.2, 0.25) is 0 Å².